The Morgan fingerprint density at radius 2 is 2.07 bits per heavy atom. The summed E-state index contributed by atoms with van der Waals surface area (Å²) in [6.45, 7) is 3.70. The Morgan fingerprint density at radius 3 is 2.70 bits per heavy atom. The summed E-state index contributed by atoms with van der Waals surface area (Å²) in [5.74, 6) is 0.704. The minimum Gasteiger partial charge on any atom is -0.497 e. The molecule has 0 aliphatic carbocycles. The quantitative estimate of drug-likeness (QED) is 0.588. The number of hydrogen-bond acceptors (Lipinski definition) is 7. The summed E-state index contributed by atoms with van der Waals surface area (Å²) in [4.78, 5) is 31.0. The van der Waals surface area contributed by atoms with E-state index in [1.54, 1.807) is 39.2 Å². The third kappa shape index (κ3) is 3.50. The van der Waals surface area contributed by atoms with Gasteiger partial charge < -0.3 is 13.9 Å². The Balaban J connectivity index is 1.90. The fourth-order valence-corrected chi connectivity index (χ4v) is 4.41. The van der Waals surface area contributed by atoms with Gasteiger partial charge >= 0.3 is 5.97 Å². The maximum absolute atomic E-state index is 13.3. The van der Waals surface area contributed by atoms with Crippen molar-refractivity contribution < 1.29 is 18.7 Å². The highest BCUT2D eigenvalue weighted by molar-refractivity contribution is 7.07. The average molecular weight is 424 g/mol. The molecule has 1 aromatic carbocycles. The van der Waals surface area contributed by atoms with Crippen LogP contribution in [0.1, 0.15) is 31.2 Å². The maximum atomic E-state index is 13.3. The summed E-state index contributed by atoms with van der Waals surface area (Å²) in [7, 11) is 1.60. The van der Waals surface area contributed by atoms with Gasteiger partial charge in [-0.05, 0) is 49.8 Å². The van der Waals surface area contributed by atoms with E-state index in [-0.39, 0.29) is 12.2 Å². The average Bonchev–Trinajstić information content (AvgIpc) is 3.37. The smallest absolute Gasteiger partial charge is 0.338 e. The summed E-state index contributed by atoms with van der Waals surface area (Å²) < 4.78 is 18.0. The summed E-state index contributed by atoms with van der Waals surface area (Å²) in [5, 5.41) is 0. The normalized spacial score (nSPS) is 16.2. The Kier molecular flexibility index (Phi) is 5.41. The summed E-state index contributed by atoms with van der Waals surface area (Å²) in [5.41, 5.74) is 1.42. The number of rotatable bonds is 5. The molecule has 0 fully saturated rings. The Morgan fingerprint density at radius 1 is 1.30 bits per heavy atom. The third-order valence-electron chi connectivity index (χ3n) is 4.74. The van der Waals surface area contributed by atoms with Gasteiger partial charge in [0.2, 0.25) is 0 Å². The molecule has 8 heteroatoms. The van der Waals surface area contributed by atoms with Crippen LogP contribution in [0.25, 0.3) is 6.08 Å². The minimum atomic E-state index is -0.728. The first-order valence-electron chi connectivity index (χ1n) is 9.40. The van der Waals surface area contributed by atoms with Crippen LogP contribution in [0.4, 0.5) is 0 Å². The highest BCUT2D eigenvalue weighted by Crippen LogP contribution is 2.30. The number of allylic oxidation sites excluding steroid dienone is 1. The molecular weight excluding hydrogens is 404 g/mol. The second-order valence-electron chi connectivity index (χ2n) is 6.59. The zero-order valence-electron chi connectivity index (χ0n) is 16.7. The fourth-order valence-electron chi connectivity index (χ4n) is 3.36. The first-order valence-corrected chi connectivity index (χ1v) is 10.2. The van der Waals surface area contributed by atoms with E-state index in [0.717, 1.165) is 11.3 Å². The monoisotopic (exact) mass is 424 g/mol. The number of furan rings is 1. The summed E-state index contributed by atoms with van der Waals surface area (Å²) in [6, 6.07) is 10.1. The van der Waals surface area contributed by atoms with E-state index in [0.29, 0.717) is 26.4 Å². The molecule has 0 amide bonds. The molecule has 0 unspecified atom stereocenters. The van der Waals surface area contributed by atoms with Crippen molar-refractivity contribution in [1.82, 2.24) is 4.57 Å². The van der Waals surface area contributed by atoms with Crippen LogP contribution in [0.15, 0.2) is 68.1 Å². The van der Waals surface area contributed by atoms with Crippen molar-refractivity contribution in [3.05, 3.63) is 84.9 Å². The van der Waals surface area contributed by atoms with E-state index in [1.807, 2.05) is 24.3 Å². The Hall–Kier alpha value is -3.39. The lowest BCUT2D eigenvalue weighted by Gasteiger charge is -2.22. The first kappa shape index (κ1) is 19.9. The molecule has 0 radical (unpaired) electrons. The fraction of sp³-hybridized carbons (Fsp3) is 0.227. The SMILES string of the molecule is CCOC(=O)C1=C(C)N=c2s/c(=C/c3ccc(OC)cc3)c(=O)n2[C@@H]1c1ccco1. The van der Waals surface area contributed by atoms with Crippen LogP contribution in [0, 0.1) is 0 Å². The van der Waals surface area contributed by atoms with E-state index in [9.17, 15) is 9.59 Å². The number of thiazole rings is 1. The Labute approximate surface area is 176 Å². The molecule has 1 aliphatic heterocycles. The van der Waals surface area contributed by atoms with Crippen LogP contribution in [0.2, 0.25) is 0 Å². The van der Waals surface area contributed by atoms with Gasteiger partial charge in [0.25, 0.3) is 5.56 Å². The zero-order chi connectivity index (χ0) is 21.3. The number of nitrogens with zero attached hydrogens (tertiary/aromatic N) is 2. The molecule has 1 atom stereocenters. The molecular formula is C22H20N2O5S. The van der Waals surface area contributed by atoms with Crippen LogP contribution in [-0.2, 0) is 9.53 Å². The van der Waals surface area contributed by atoms with Gasteiger partial charge in [0.15, 0.2) is 4.80 Å². The van der Waals surface area contributed by atoms with Gasteiger partial charge in [-0.15, -0.1) is 0 Å². The first-order chi connectivity index (χ1) is 14.5. The molecule has 0 saturated heterocycles. The molecule has 0 saturated carbocycles. The van der Waals surface area contributed by atoms with Gasteiger partial charge in [-0.1, -0.05) is 23.5 Å². The number of fused-ring (bicyclic) bond motifs is 1. The predicted octanol–water partition coefficient (Wildman–Crippen LogP) is 2.40. The maximum Gasteiger partial charge on any atom is 0.338 e. The highest BCUT2D eigenvalue weighted by atomic mass is 32.1. The van der Waals surface area contributed by atoms with Crippen molar-refractivity contribution in [2.75, 3.05) is 13.7 Å². The third-order valence-corrected chi connectivity index (χ3v) is 5.73. The standard InChI is InChI=1S/C22H20N2O5S/c1-4-28-21(26)18-13(2)23-22-24(19(18)16-6-5-11-29-16)20(25)17(30-22)12-14-7-9-15(27-3)10-8-14/h5-12,19H,4H2,1-3H3/b17-12+/t19-/m1/s1. The molecule has 3 heterocycles. The lowest BCUT2D eigenvalue weighted by Crippen LogP contribution is -2.39. The molecule has 2 aromatic heterocycles. The van der Waals surface area contributed by atoms with Crippen LogP contribution < -0.4 is 19.6 Å². The highest BCUT2D eigenvalue weighted by Gasteiger charge is 2.34. The van der Waals surface area contributed by atoms with Gasteiger partial charge in [0.1, 0.15) is 17.6 Å². The van der Waals surface area contributed by atoms with Gasteiger partial charge in [0, 0.05) is 0 Å². The van der Waals surface area contributed by atoms with Crippen LogP contribution in [0.5, 0.6) is 5.75 Å². The number of hydrogen-bond donors (Lipinski definition) is 0. The van der Waals surface area contributed by atoms with Crippen molar-refractivity contribution in [3.8, 4) is 5.75 Å². The van der Waals surface area contributed by atoms with Crippen molar-refractivity contribution in [3.63, 3.8) is 0 Å². The minimum absolute atomic E-state index is 0.225. The van der Waals surface area contributed by atoms with Gasteiger partial charge in [-0.25, -0.2) is 9.79 Å². The number of ether oxygens (including phenoxy) is 2. The number of methoxy groups -OCH3 is 1. The number of carbonyl (C=O) groups is 1. The summed E-state index contributed by atoms with van der Waals surface area (Å²) >= 11 is 1.27. The van der Waals surface area contributed by atoms with E-state index >= 15 is 0 Å². The molecule has 3 aromatic rings. The second kappa shape index (κ2) is 8.16. The van der Waals surface area contributed by atoms with Gasteiger partial charge in [0.05, 0.1) is 35.8 Å². The molecule has 154 valence electrons. The van der Waals surface area contributed by atoms with Crippen molar-refractivity contribution >= 4 is 23.4 Å². The van der Waals surface area contributed by atoms with E-state index in [1.165, 1.54) is 22.2 Å². The number of carbonyl (C=O) groups excluding carboxylic acids is 1. The molecule has 7 nitrogen and oxygen atoms in total. The van der Waals surface area contributed by atoms with Gasteiger partial charge in [-0.2, -0.15) is 0 Å². The molecule has 30 heavy (non-hydrogen) atoms. The van der Waals surface area contributed by atoms with E-state index < -0.39 is 12.0 Å². The number of aromatic nitrogens is 1. The van der Waals surface area contributed by atoms with E-state index in [4.69, 9.17) is 13.9 Å². The molecule has 0 bridgehead atoms. The topological polar surface area (TPSA) is 83.0 Å². The van der Waals surface area contributed by atoms with E-state index in [2.05, 4.69) is 4.99 Å². The number of esters is 1. The molecule has 0 spiro atoms. The van der Waals surface area contributed by atoms with Crippen LogP contribution >= 0.6 is 11.3 Å². The molecule has 1 aliphatic rings. The second-order valence-corrected chi connectivity index (χ2v) is 7.60. The predicted molar refractivity (Wildman–Crippen MR) is 112 cm³/mol. The lowest BCUT2D eigenvalue weighted by atomic mass is 10.0. The largest absolute Gasteiger partial charge is 0.497 e. The summed E-state index contributed by atoms with van der Waals surface area (Å²) in [6.07, 6.45) is 3.31. The van der Waals surface area contributed by atoms with Crippen LogP contribution in [0.3, 0.4) is 0 Å². The zero-order valence-corrected chi connectivity index (χ0v) is 17.6. The van der Waals surface area contributed by atoms with Crippen molar-refractivity contribution in [2.45, 2.75) is 19.9 Å². The lowest BCUT2D eigenvalue weighted by molar-refractivity contribution is -0.139. The van der Waals surface area contributed by atoms with Crippen LogP contribution in [-0.4, -0.2) is 24.3 Å². The van der Waals surface area contributed by atoms with Crippen molar-refractivity contribution in [1.29, 1.82) is 0 Å². The molecule has 0 N–H and O–H groups in total. The number of benzene rings is 1. The van der Waals surface area contributed by atoms with Crippen molar-refractivity contribution in [2.24, 2.45) is 4.99 Å². The van der Waals surface area contributed by atoms with Gasteiger partial charge in [-0.3, -0.25) is 9.36 Å². The Bertz CT molecular complexity index is 1280. The molecule has 4 rings (SSSR count).